The molecule has 0 radical (unpaired) electrons. The van der Waals surface area contributed by atoms with Crippen molar-refractivity contribution in [1.29, 1.82) is 0 Å². The molecule has 1 aromatic carbocycles. The van der Waals surface area contributed by atoms with Gasteiger partial charge in [0.05, 0.1) is 18.1 Å². The zero-order valence-electron chi connectivity index (χ0n) is 14.0. The molecule has 1 aliphatic heterocycles. The number of methoxy groups -OCH3 is 1. The number of amides is 2. The van der Waals surface area contributed by atoms with Crippen LogP contribution in [0.5, 0.6) is 5.75 Å². The lowest BCUT2D eigenvalue weighted by Gasteiger charge is -2.13. The Bertz CT molecular complexity index is 711. The van der Waals surface area contributed by atoms with Crippen molar-refractivity contribution in [2.24, 2.45) is 0 Å². The number of nitrogens with zero attached hydrogens (tertiary/aromatic N) is 1. The second kappa shape index (κ2) is 7.53. The fraction of sp³-hybridized carbons (Fsp3) is 0.353. The summed E-state index contributed by atoms with van der Waals surface area (Å²) in [7, 11) is 1.58. The van der Waals surface area contributed by atoms with E-state index in [0.717, 1.165) is 27.8 Å². The molecule has 0 bridgehead atoms. The van der Waals surface area contributed by atoms with E-state index in [-0.39, 0.29) is 17.6 Å². The Hall–Kier alpha value is -2.28. The summed E-state index contributed by atoms with van der Waals surface area (Å²) in [5.74, 6) is -0.371. The maximum absolute atomic E-state index is 12.4. The van der Waals surface area contributed by atoms with Crippen molar-refractivity contribution in [3.63, 3.8) is 0 Å². The first kappa shape index (κ1) is 18.1. The number of carbonyl (C=O) groups excluding carboxylic acids is 3. The fourth-order valence-electron chi connectivity index (χ4n) is 2.14. The van der Waals surface area contributed by atoms with Crippen molar-refractivity contribution >= 4 is 35.0 Å². The molecule has 1 saturated heterocycles. The normalized spacial score (nSPS) is 16.2. The standard InChI is InChI=1S/C17H19NO5S/c1-10(2)23-15(19)9-18-16(20)14(24-17(18)21)8-12-5-6-13(22-4)7-11(12)3/h5-8,10H,9H2,1-4H3/b14-8+. The highest BCUT2D eigenvalue weighted by Gasteiger charge is 2.36. The minimum atomic E-state index is -0.603. The monoisotopic (exact) mass is 349 g/mol. The Morgan fingerprint density at radius 1 is 1.33 bits per heavy atom. The Kier molecular flexibility index (Phi) is 5.66. The van der Waals surface area contributed by atoms with Crippen LogP contribution in [0.15, 0.2) is 23.1 Å². The Labute approximate surface area is 144 Å². The number of benzene rings is 1. The second-order valence-corrected chi connectivity index (χ2v) is 6.52. The highest BCUT2D eigenvalue weighted by atomic mass is 32.2. The van der Waals surface area contributed by atoms with Gasteiger partial charge in [0.15, 0.2) is 0 Å². The number of thioether (sulfide) groups is 1. The van der Waals surface area contributed by atoms with Crippen LogP contribution >= 0.6 is 11.8 Å². The van der Waals surface area contributed by atoms with Crippen LogP contribution in [0.2, 0.25) is 0 Å². The molecule has 1 aliphatic rings. The molecule has 0 atom stereocenters. The third kappa shape index (κ3) is 4.17. The molecule has 128 valence electrons. The number of aryl methyl sites for hydroxylation is 1. The van der Waals surface area contributed by atoms with Crippen molar-refractivity contribution in [3.8, 4) is 5.75 Å². The molecule has 0 spiro atoms. The lowest BCUT2D eigenvalue weighted by atomic mass is 10.1. The van der Waals surface area contributed by atoms with Crippen molar-refractivity contribution < 1.29 is 23.9 Å². The average Bonchev–Trinajstić information content (AvgIpc) is 2.76. The van der Waals surface area contributed by atoms with Crippen molar-refractivity contribution in [2.75, 3.05) is 13.7 Å². The number of esters is 1. The first-order chi connectivity index (χ1) is 11.3. The maximum Gasteiger partial charge on any atom is 0.326 e. The lowest BCUT2D eigenvalue weighted by Crippen LogP contribution is -2.35. The van der Waals surface area contributed by atoms with E-state index < -0.39 is 17.1 Å². The average molecular weight is 349 g/mol. The zero-order chi connectivity index (χ0) is 17.9. The summed E-state index contributed by atoms with van der Waals surface area (Å²) in [6.45, 7) is 4.93. The summed E-state index contributed by atoms with van der Waals surface area (Å²) in [6.07, 6.45) is 1.35. The molecule has 24 heavy (non-hydrogen) atoms. The van der Waals surface area contributed by atoms with E-state index in [2.05, 4.69) is 0 Å². The molecule has 7 heteroatoms. The van der Waals surface area contributed by atoms with Crippen LogP contribution in [0, 0.1) is 6.92 Å². The van der Waals surface area contributed by atoms with E-state index in [4.69, 9.17) is 9.47 Å². The van der Waals surface area contributed by atoms with Crippen LogP contribution in [0.4, 0.5) is 4.79 Å². The van der Waals surface area contributed by atoms with Gasteiger partial charge >= 0.3 is 5.97 Å². The molecular weight excluding hydrogens is 330 g/mol. The number of ether oxygens (including phenoxy) is 2. The first-order valence-corrected chi connectivity index (χ1v) is 8.23. The van der Waals surface area contributed by atoms with Crippen molar-refractivity contribution in [1.82, 2.24) is 4.90 Å². The summed E-state index contributed by atoms with van der Waals surface area (Å²) < 4.78 is 10.1. The second-order valence-electron chi connectivity index (χ2n) is 5.53. The summed E-state index contributed by atoms with van der Waals surface area (Å²) in [5.41, 5.74) is 1.73. The summed E-state index contributed by atoms with van der Waals surface area (Å²) in [4.78, 5) is 37.2. The van der Waals surface area contributed by atoms with E-state index in [9.17, 15) is 14.4 Å². The minimum Gasteiger partial charge on any atom is -0.497 e. The van der Waals surface area contributed by atoms with Gasteiger partial charge in [0.2, 0.25) is 0 Å². The topological polar surface area (TPSA) is 72.9 Å². The number of carbonyl (C=O) groups is 3. The van der Waals surface area contributed by atoms with E-state index in [0.29, 0.717) is 5.75 Å². The van der Waals surface area contributed by atoms with Gasteiger partial charge in [-0.1, -0.05) is 6.07 Å². The molecular formula is C17H19NO5S. The van der Waals surface area contributed by atoms with Crippen molar-refractivity contribution in [2.45, 2.75) is 26.9 Å². The fourth-order valence-corrected chi connectivity index (χ4v) is 2.97. The molecule has 1 aromatic rings. The van der Waals surface area contributed by atoms with Crippen LogP contribution in [0.25, 0.3) is 6.08 Å². The lowest BCUT2D eigenvalue weighted by molar-refractivity contribution is -0.149. The van der Waals surface area contributed by atoms with Gasteiger partial charge in [-0.3, -0.25) is 19.3 Å². The largest absolute Gasteiger partial charge is 0.497 e. The molecule has 2 amide bonds. The third-order valence-electron chi connectivity index (χ3n) is 3.29. The Morgan fingerprint density at radius 3 is 2.62 bits per heavy atom. The molecule has 1 heterocycles. The van der Waals surface area contributed by atoms with Gasteiger partial charge < -0.3 is 9.47 Å². The van der Waals surface area contributed by atoms with Crippen molar-refractivity contribution in [3.05, 3.63) is 34.2 Å². The Morgan fingerprint density at radius 2 is 2.04 bits per heavy atom. The van der Waals surface area contributed by atoms with E-state index in [1.807, 2.05) is 19.1 Å². The molecule has 1 fully saturated rings. The molecule has 0 saturated carbocycles. The van der Waals surface area contributed by atoms with E-state index >= 15 is 0 Å². The molecule has 6 nitrogen and oxygen atoms in total. The summed E-state index contributed by atoms with van der Waals surface area (Å²) in [5, 5.41) is -0.474. The summed E-state index contributed by atoms with van der Waals surface area (Å²) in [6, 6.07) is 5.44. The van der Waals surface area contributed by atoms with E-state index in [1.165, 1.54) is 0 Å². The molecule has 0 unspecified atom stereocenters. The highest BCUT2D eigenvalue weighted by Crippen LogP contribution is 2.33. The van der Waals surface area contributed by atoms with Crippen LogP contribution in [0.1, 0.15) is 25.0 Å². The predicted molar refractivity (Wildman–Crippen MR) is 91.6 cm³/mol. The van der Waals surface area contributed by atoms with Gasteiger partial charge in [-0.15, -0.1) is 0 Å². The van der Waals surface area contributed by atoms with Gasteiger partial charge in [0, 0.05) is 0 Å². The molecule has 2 rings (SSSR count). The number of hydrogen-bond acceptors (Lipinski definition) is 6. The first-order valence-electron chi connectivity index (χ1n) is 7.41. The van der Waals surface area contributed by atoms with Crippen LogP contribution in [-0.4, -0.2) is 41.8 Å². The third-order valence-corrected chi connectivity index (χ3v) is 4.20. The van der Waals surface area contributed by atoms with Gasteiger partial charge in [-0.05, 0) is 61.9 Å². The molecule has 0 aromatic heterocycles. The maximum atomic E-state index is 12.4. The van der Waals surface area contributed by atoms with Gasteiger partial charge in [-0.2, -0.15) is 0 Å². The number of imide groups is 1. The smallest absolute Gasteiger partial charge is 0.326 e. The molecule has 0 aliphatic carbocycles. The highest BCUT2D eigenvalue weighted by molar-refractivity contribution is 8.18. The van der Waals surface area contributed by atoms with E-state index in [1.54, 1.807) is 33.1 Å². The van der Waals surface area contributed by atoms with Gasteiger partial charge in [0.25, 0.3) is 11.1 Å². The quantitative estimate of drug-likeness (QED) is 0.601. The van der Waals surface area contributed by atoms with Gasteiger partial charge in [0.1, 0.15) is 12.3 Å². The van der Waals surface area contributed by atoms with Crippen LogP contribution in [-0.2, 0) is 14.3 Å². The van der Waals surface area contributed by atoms with Crippen LogP contribution in [0.3, 0.4) is 0 Å². The minimum absolute atomic E-state index is 0.283. The SMILES string of the molecule is COc1ccc(/C=C2/SC(=O)N(CC(=O)OC(C)C)C2=O)c(C)c1. The Balaban J connectivity index is 2.17. The zero-order valence-corrected chi connectivity index (χ0v) is 14.8. The van der Waals surface area contributed by atoms with Crippen LogP contribution < -0.4 is 4.74 Å². The molecule has 0 N–H and O–H groups in total. The number of hydrogen-bond donors (Lipinski definition) is 0. The summed E-state index contributed by atoms with van der Waals surface area (Å²) >= 11 is 0.816. The number of rotatable bonds is 5. The van der Waals surface area contributed by atoms with Gasteiger partial charge in [-0.25, -0.2) is 0 Å². The predicted octanol–water partition coefficient (Wildman–Crippen LogP) is 2.99.